The number of para-hydroxylation sites is 2. The molecule has 0 saturated carbocycles. The van der Waals surface area contributed by atoms with Crippen molar-refractivity contribution in [3.63, 3.8) is 0 Å². The molecule has 0 aliphatic rings. The van der Waals surface area contributed by atoms with E-state index in [2.05, 4.69) is 20.1 Å². The predicted octanol–water partition coefficient (Wildman–Crippen LogP) is 4.89. The molecule has 0 bridgehead atoms. The number of hydrogen-bond acceptors (Lipinski definition) is 6. The van der Waals surface area contributed by atoms with Crippen molar-refractivity contribution in [1.82, 2.24) is 15.0 Å². The van der Waals surface area contributed by atoms with Crippen molar-refractivity contribution in [1.29, 1.82) is 0 Å². The number of nitro benzene ring substituents is 1. The summed E-state index contributed by atoms with van der Waals surface area (Å²) in [5.41, 5.74) is 5.65. The highest BCUT2D eigenvalue weighted by Crippen LogP contribution is 2.26. The number of aromatic nitrogens is 2. The van der Waals surface area contributed by atoms with Gasteiger partial charge in [-0.05, 0) is 23.8 Å². The number of imidazole rings is 1. The maximum Gasteiger partial charge on any atom is 0.288 e. The first-order valence-corrected chi connectivity index (χ1v) is 11.3. The first kappa shape index (κ1) is 22.5. The first-order chi connectivity index (χ1) is 16.0. The minimum absolute atomic E-state index is 0.0379. The highest BCUT2D eigenvalue weighted by molar-refractivity contribution is 7.99. The fraction of sp³-hybridized carbons (Fsp3) is 0.0870. The number of rotatable bonds is 8. The number of thioether (sulfide) groups is 1. The Kier molecular flexibility index (Phi) is 7.01. The number of hydrazone groups is 1. The lowest BCUT2D eigenvalue weighted by molar-refractivity contribution is -0.384. The van der Waals surface area contributed by atoms with Gasteiger partial charge in [-0.3, -0.25) is 14.9 Å². The summed E-state index contributed by atoms with van der Waals surface area (Å²) >= 11 is 7.12. The average Bonchev–Trinajstić information content (AvgIpc) is 3.16. The zero-order valence-corrected chi connectivity index (χ0v) is 18.8. The average molecular weight is 480 g/mol. The van der Waals surface area contributed by atoms with Crippen molar-refractivity contribution in [3.8, 4) is 0 Å². The third-order valence-electron chi connectivity index (χ3n) is 4.71. The third kappa shape index (κ3) is 5.57. The van der Waals surface area contributed by atoms with Crippen molar-refractivity contribution >= 4 is 52.2 Å². The molecule has 1 N–H and O–H groups in total. The Morgan fingerprint density at radius 1 is 1.15 bits per heavy atom. The predicted molar refractivity (Wildman–Crippen MR) is 130 cm³/mol. The number of carbonyl (C=O) groups excluding carboxylic acids is 1. The Morgan fingerprint density at radius 2 is 1.91 bits per heavy atom. The van der Waals surface area contributed by atoms with E-state index in [9.17, 15) is 14.9 Å². The number of halogens is 1. The van der Waals surface area contributed by atoms with Crippen LogP contribution in [0.4, 0.5) is 5.69 Å². The van der Waals surface area contributed by atoms with Gasteiger partial charge in [-0.2, -0.15) is 5.10 Å². The van der Waals surface area contributed by atoms with Gasteiger partial charge in [0, 0.05) is 11.6 Å². The van der Waals surface area contributed by atoms with Gasteiger partial charge >= 0.3 is 0 Å². The van der Waals surface area contributed by atoms with E-state index in [4.69, 9.17) is 11.6 Å². The molecule has 0 radical (unpaired) electrons. The Morgan fingerprint density at radius 3 is 2.70 bits per heavy atom. The standard InChI is InChI=1S/C23H18ClN5O3S/c24-18-11-10-17(12-21(18)29(31)32)13-25-27-22(30)15-33-23-26-19-8-4-5-9-20(19)28(23)14-16-6-2-1-3-7-16/h1-13H,14-15H2,(H,27,30)/b25-13+. The summed E-state index contributed by atoms with van der Waals surface area (Å²) in [5, 5.41) is 15.6. The van der Waals surface area contributed by atoms with Crippen LogP contribution in [-0.2, 0) is 11.3 Å². The monoisotopic (exact) mass is 479 g/mol. The number of fused-ring (bicyclic) bond motifs is 1. The van der Waals surface area contributed by atoms with Crippen LogP contribution in [0.5, 0.6) is 0 Å². The smallest absolute Gasteiger partial charge is 0.288 e. The number of nitrogens with zero attached hydrogens (tertiary/aromatic N) is 4. The minimum Gasteiger partial charge on any atom is -0.314 e. The third-order valence-corrected chi connectivity index (χ3v) is 6.00. The van der Waals surface area contributed by atoms with Gasteiger partial charge in [0.25, 0.3) is 11.6 Å². The molecule has 4 aromatic rings. The molecule has 33 heavy (non-hydrogen) atoms. The van der Waals surface area contributed by atoms with Crippen molar-refractivity contribution in [2.75, 3.05) is 5.75 Å². The summed E-state index contributed by atoms with van der Waals surface area (Å²) in [5.74, 6) is -0.214. The van der Waals surface area contributed by atoms with E-state index < -0.39 is 4.92 Å². The van der Waals surface area contributed by atoms with Crippen LogP contribution in [0.1, 0.15) is 11.1 Å². The summed E-state index contributed by atoms with van der Waals surface area (Å²) in [6.07, 6.45) is 1.33. The summed E-state index contributed by atoms with van der Waals surface area (Å²) in [7, 11) is 0. The molecule has 0 aliphatic heterocycles. The summed E-state index contributed by atoms with van der Waals surface area (Å²) in [6.45, 7) is 0.638. The molecule has 0 fully saturated rings. The van der Waals surface area contributed by atoms with Crippen LogP contribution in [0.15, 0.2) is 83.1 Å². The summed E-state index contributed by atoms with van der Waals surface area (Å²) < 4.78 is 2.08. The van der Waals surface area contributed by atoms with Crippen LogP contribution >= 0.6 is 23.4 Å². The van der Waals surface area contributed by atoms with Crippen LogP contribution in [0.2, 0.25) is 5.02 Å². The molecule has 3 aromatic carbocycles. The lowest BCUT2D eigenvalue weighted by Crippen LogP contribution is -2.20. The van der Waals surface area contributed by atoms with E-state index in [1.165, 1.54) is 30.1 Å². The largest absolute Gasteiger partial charge is 0.314 e. The SMILES string of the molecule is O=C(CSc1nc2ccccc2n1Cc1ccccc1)N/N=C/c1ccc(Cl)c([N+](=O)[O-])c1. The number of benzene rings is 3. The van der Waals surface area contributed by atoms with Crippen molar-refractivity contribution in [2.24, 2.45) is 5.10 Å². The molecule has 1 heterocycles. The molecule has 0 spiro atoms. The number of carbonyl (C=O) groups is 1. The topological polar surface area (TPSA) is 102 Å². The van der Waals surface area contributed by atoms with Gasteiger partial charge in [-0.1, -0.05) is 71.9 Å². The van der Waals surface area contributed by atoms with Crippen LogP contribution in [-0.4, -0.2) is 32.3 Å². The fourth-order valence-electron chi connectivity index (χ4n) is 3.17. The molecule has 1 amide bonds. The second-order valence-corrected chi connectivity index (χ2v) is 8.35. The van der Waals surface area contributed by atoms with E-state index in [-0.39, 0.29) is 22.4 Å². The Balaban J connectivity index is 1.43. The van der Waals surface area contributed by atoms with E-state index in [1.54, 1.807) is 6.07 Å². The first-order valence-electron chi connectivity index (χ1n) is 9.89. The number of nitrogens with one attached hydrogen (secondary N) is 1. The van der Waals surface area contributed by atoms with Crippen LogP contribution in [0.25, 0.3) is 11.0 Å². The highest BCUT2D eigenvalue weighted by atomic mass is 35.5. The van der Waals surface area contributed by atoms with E-state index in [0.717, 1.165) is 21.8 Å². The quantitative estimate of drug-likeness (QED) is 0.168. The molecule has 0 unspecified atom stereocenters. The van der Waals surface area contributed by atoms with E-state index in [1.807, 2.05) is 54.6 Å². The van der Waals surface area contributed by atoms with Gasteiger partial charge in [0.2, 0.25) is 0 Å². The van der Waals surface area contributed by atoms with Crippen molar-refractivity contribution in [2.45, 2.75) is 11.7 Å². The normalized spacial score (nSPS) is 11.2. The van der Waals surface area contributed by atoms with Gasteiger partial charge in [-0.15, -0.1) is 0 Å². The molecular weight excluding hydrogens is 462 g/mol. The van der Waals surface area contributed by atoms with Crippen LogP contribution < -0.4 is 5.43 Å². The van der Waals surface area contributed by atoms with Gasteiger partial charge in [0.1, 0.15) is 5.02 Å². The Labute approximate surface area is 198 Å². The molecule has 1 aromatic heterocycles. The van der Waals surface area contributed by atoms with Gasteiger partial charge in [0.15, 0.2) is 5.16 Å². The summed E-state index contributed by atoms with van der Waals surface area (Å²) in [6, 6.07) is 22.2. The molecular formula is C23H18ClN5O3S. The number of amides is 1. The molecule has 0 saturated heterocycles. The van der Waals surface area contributed by atoms with Gasteiger partial charge in [-0.25, -0.2) is 10.4 Å². The molecule has 0 atom stereocenters. The minimum atomic E-state index is -0.573. The van der Waals surface area contributed by atoms with Gasteiger partial charge < -0.3 is 4.57 Å². The summed E-state index contributed by atoms with van der Waals surface area (Å²) in [4.78, 5) is 27.4. The zero-order valence-electron chi connectivity index (χ0n) is 17.2. The number of hydrogen-bond donors (Lipinski definition) is 1. The van der Waals surface area contributed by atoms with Crippen LogP contribution in [0, 0.1) is 10.1 Å². The van der Waals surface area contributed by atoms with Crippen molar-refractivity contribution in [3.05, 3.63) is 99.1 Å². The maximum absolute atomic E-state index is 12.3. The lowest BCUT2D eigenvalue weighted by atomic mass is 10.2. The molecule has 166 valence electrons. The zero-order chi connectivity index (χ0) is 23.2. The van der Waals surface area contributed by atoms with Crippen LogP contribution in [0.3, 0.4) is 0 Å². The van der Waals surface area contributed by atoms with Crippen molar-refractivity contribution < 1.29 is 9.72 Å². The second-order valence-electron chi connectivity index (χ2n) is 7.00. The van der Waals surface area contributed by atoms with Gasteiger partial charge in [0.05, 0.1) is 34.5 Å². The maximum atomic E-state index is 12.3. The Hall–Kier alpha value is -3.69. The Bertz CT molecular complexity index is 1340. The van der Waals surface area contributed by atoms with E-state index >= 15 is 0 Å². The molecule has 10 heteroatoms. The molecule has 8 nitrogen and oxygen atoms in total. The van der Waals surface area contributed by atoms with E-state index in [0.29, 0.717) is 12.1 Å². The lowest BCUT2D eigenvalue weighted by Gasteiger charge is -2.09. The highest BCUT2D eigenvalue weighted by Gasteiger charge is 2.14. The second kappa shape index (κ2) is 10.3. The fourth-order valence-corrected chi connectivity index (χ4v) is 4.17. The number of nitro groups is 1. The molecule has 0 aliphatic carbocycles. The molecule has 4 rings (SSSR count).